The molecular formula is C12H12N2O3. The Bertz CT molecular complexity index is 659. The third-order valence-corrected chi connectivity index (χ3v) is 2.57. The predicted molar refractivity (Wildman–Crippen MR) is 63.1 cm³/mol. The van der Waals surface area contributed by atoms with Crippen LogP contribution in [0.3, 0.4) is 0 Å². The van der Waals surface area contributed by atoms with Gasteiger partial charge in [0.05, 0.1) is 12.5 Å². The van der Waals surface area contributed by atoms with Crippen LogP contribution in [0.1, 0.15) is 16.1 Å². The Morgan fingerprint density at radius 1 is 1.41 bits per heavy atom. The fraction of sp³-hybridized carbons (Fsp3) is 0.250. The molecule has 2 aromatic rings. The Labute approximate surface area is 97.7 Å². The van der Waals surface area contributed by atoms with Crippen molar-refractivity contribution in [1.82, 2.24) is 9.55 Å². The fourth-order valence-electron chi connectivity index (χ4n) is 1.70. The number of methoxy groups -OCH3 is 1. The number of rotatable bonds is 1. The molecule has 17 heavy (non-hydrogen) atoms. The maximum atomic E-state index is 12.0. The number of fused-ring (bicyclic) bond motifs is 1. The van der Waals surface area contributed by atoms with Crippen LogP contribution in [0.5, 0.6) is 0 Å². The number of pyridine rings is 2. The lowest BCUT2D eigenvalue weighted by Gasteiger charge is -2.07. The van der Waals surface area contributed by atoms with Crippen molar-refractivity contribution in [3.8, 4) is 0 Å². The minimum Gasteiger partial charge on any atom is -0.465 e. The number of aryl methyl sites for hydroxylation is 2. The van der Waals surface area contributed by atoms with Gasteiger partial charge in [0.1, 0.15) is 11.2 Å². The van der Waals surface area contributed by atoms with E-state index >= 15 is 0 Å². The first-order valence-electron chi connectivity index (χ1n) is 5.10. The molecule has 0 bridgehead atoms. The van der Waals surface area contributed by atoms with Crippen molar-refractivity contribution in [3.05, 3.63) is 39.8 Å². The van der Waals surface area contributed by atoms with Gasteiger partial charge >= 0.3 is 5.97 Å². The molecule has 0 radical (unpaired) electrons. The van der Waals surface area contributed by atoms with Gasteiger partial charge in [-0.2, -0.15) is 0 Å². The molecule has 0 N–H and O–H groups in total. The van der Waals surface area contributed by atoms with Crippen LogP contribution in [0.2, 0.25) is 0 Å². The van der Waals surface area contributed by atoms with Crippen molar-refractivity contribution < 1.29 is 9.53 Å². The van der Waals surface area contributed by atoms with Crippen LogP contribution < -0.4 is 5.43 Å². The Morgan fingerprint density at radius 3 is 2.76 bits per heavy atom. The molecule has 88 valence electrons. The first-order chi connectivity index (χ1) is 8.04. The van der Waals surface area contributed by atoms with Crippen molar-refractivity contribution in [2.45, 2.75) is 6.92 Å². The van der Waals surface area contributed by atoms with Gasteiger partial charge in [-0.25, -0.2) is 9.78 Å². The SMILES string of the molecule is COC(=O)c1cn(C)c2nc(C)ccc2c1=O. The summed E-state index contributed by atoms with van der Waals surface area (Å²) in [6.07, 6.45) is 1.45. The van der Waals surface area contributed by atoms with E-state index in [1.807, 2.05) is 6.92 Å². The third kappa shape index (κ3) is 1.80. The molecular weight excluding hydrogens is 220 g/mol. The molecule has 0 unspecified atom stereocenters. The number of hydrogen-bond donors (Lipinski definition) is 0. The summed E-state index contributed by atoms with van der Waals surface area (Å²) in [5.41, 5.74) is 1.05. The molecule has 5 nitrogen and oxygen atoms in total. The molecule has 0 amide bonds. The summed E-state index contributed by atoms with van der Waals surface area (Å²) in [6.45, 7) is 1.85. The van der Waals surface area contributed by atoms with Crippen LogP contribution in [0, 0.1) is 6.92 Å². The summed E-state index contributed by atoms with van der Waals surface area (Å²) >= 11 is 0. The van der Waals surface area contributed by atoms with Crippen molar-refractivity contribution >= 4 is 17.0 Å². The molecule has 2 rings (SSSR count). The first-order valence-corrected chi connectivity index (χ1v) is 5.10. The van der Waals surface area contributed by atoms with Gasteiger partial charge in [-0.05, 0) is 19.1 Å². The predicted octanol–water partition coefficient (Wildman–Crippen LogP) is 1.03. The summed E-state index contributed by atoms with van der Waals surface area (Å²) in [4.78, 5) is 27.8. The first kappa shape index (κ1) is 11.3. The zero-order valence-electron chi connectivity index (χ0n) is 9.85. The highest BCUT2D eigenvalue weighted by Crippen LogP contribution is 2.09. The minimum atomic E-state index is -0.631. The van der Waals surface area contributed by atoms with E-state index in [4.69, 9.17) is 0 Å². The molecule has 0 saturated carbocycles. The van der Waals surface area contributed by atoms with Crippen LogP contribution in [0.4, 0.5) is 0 Å². The Balaban J connectivity index is 2.86. The highest BCUT2D eigenvalue weighted by atomic mass is 16.5. The highest BCUT2D eigenvalue weighted by Gasteiger charge is 2.15. The lowest BCUT2D eigenvalue weighted by molar-refractivity contribution is 0.0598. The van der Waals surface area contributed by atoms with E-state index < -0.39 is 5.97 Å². The molecule has 0 spiro atoms. The van der Waals surface area contributed by atoms with Crippen molar-refractivity contribution in [1.29, 1.82) is 0 Å². The van der Waals surface area contributed by atoms with E-state index in [0.29, 0.717) is 11.0 Å². The van der Waals surface area contributed by atoms with Gasteiger partial charge < -0.3 is 9.30 Å². The second kappa shape index (κ2) is 4.01. The van der Waals surface area contributed by atoms with E-state index in [1.54, 1.807) is 23.7 Å². The van der Waals surface area contributed by atoms with E-state index in [9.17, 15) is 9.59 Å². The molecule has 0 aliphatic carbocycles. The number of nitrogens with zero attached hydrogens (tertiary/aromatic N) is 2. The monoisotopic (exact) mass is 232 g/mol. The summed E-state index contributed by atoms with van der Waals surface area (Å²) in [5.74, 6) is -0.631. The van der Waals surface area contributed by atoms with Gasteiger partial charge in [-0.15, -0.1) is 0 Å². The molecule has 0 saturated heterocycles. The van der Waals surface area contributed by atoms with Crippen molar-refractivity contribution in [3.63, 3.8) is 0 Å². The topological polar surface area (TPSA) is 61.2 Å². The maximum Gasteiger partial charge on any atom is 0.343 e. The highest BCUT2D eigenvalue weighted by molar-refractivity contribution is 5.92. The Hall–Kier alpha value is -2.17. The van der Waals surface area contributed by atoms with Crippen molar-refractivity contribution in [2.75, 3.05) is 7.11 Å². The van der Waals surface area contributed by atoms with Crippen LogP contribution in [-0.2, 0) is 11.8 Å². The number of esters is 1. The quantitative estimate of drug-likeness (QED) is 0.689. The van der Waals surface area contributed by atoms with Gasteiger partial charge in [-0.3, -0.25) is 4.79 Å². The average molecular weight is 232 g/mol. The van der Waals surface area contributed by atoms with Gasteiger partial charge in [0.25, 0.3) is 0 Å². The maximum absolute atomic E-state index is 12.0. The molecule has 2 heterocycles. The molecule has 5 heteroatoms. The Kier molecular flexibility index (Phi) is 2.67. The molecule has 0 aromatic carbocycles. The number of carbonyl (C=O) groups excluding carboxylic acids is 1. The van der Waals surface area contributed by atoms with Crippen LogP contribution in [0.15, 0.2) is 23.1 Å². The number of hydrogen-bond acceptors (Lipinski definition) is 4. The summed E-state index contributed by atoms with van der Waals surface area (Å²) in [6, 6.07) is 3.41. The average Bonchev–Trinajstić information content (AvgIpc) is 2.32. The standard InChI is InChI=1S/C12H12N2O3/c1-7-4-5-8-10(15)9(12(16)17-3)6-14(2)11(8)13-7/h4-6H,1-3H3. The molecule has 0 aliphatic heterocycles. The lowest BCUT2D eigenvalue weighted by atomic mass is 10.2. The molecule has 0 fully saturated rings. The van der Waals surface area contributed by atoms with Gasteiger partial charge in [0, 0.05) is 18.9 Å². The normalized spacial score (nSPS) is 10.5. The van der Waals surface area contributed by atoms with Gasteiger partial charge in [0.15, 0.2) is 0 Å². The van der Waals surface area contributed by atoms with E-state index in [-0.39, 0.29) is 11.0 Å². The number of aromatic nitrogens is 2. The largest absolute Gasteiger partial charge is 0.465 e. The van der Waals surface area contributed by atoms with Crippen LogP contribution in [-0.4, -0.2) is 22.6 Å². The summed E-state index contributed by atoms with van der Waals surface area (Å²) in [7, 11) is 2.99. The zero-order valence-corrected chi connectivity index (χ0v) is 9.85. The van der Waals surface area contributed by atoms with E-state index in [0.717, 1.165) is 5.69 Å². The molecule has 0 atom stereocenters. The van der Waals surface area contributed by atoms with Crippen LogP contribution >= 0.6 is 0 Å². The minimum absolute atomic E-state index is 0.0214. The van der Waals surface area contributed by atoms with Crippen LogP contribution in [0.25, 0.3) is 11.0 Å². The van der Waals surface area contributed by atoms with Crippen molar-refractivity contribution in [2.24, 2.45) is 7.05 Å². The summed E-state index contributed by atoms with van der Waals surface area (Å²) < 4.78 is 6.22. The van der Waals surface area contributed by atoms with Gasteiger partial charge in [-0.1, -0.05) is 0 Å². The third-order valence-electron chi connectivity index (χ3n) is 2.57. The lowest BCUT2D eigenvalue weighted by Crippen LogP contribution is -2.19. The van der Waals surface area contributed by atoms with E-state index in [2.05, 4.69) is 9.72 Å². The second-order valence-electron chi connectivity index (χ2n) is 3.80. The molecule has 0 aliphatic rings. The number of carbonyl (C=O) groups is 1. The van der Waals surface area contributed by atoms with Gasteiger partial charge in [0.2, 0.25) is 5.43 Å². The number of ether oxygens (including phenoxy) is 1. The molecule has 2 aromatic heterocycles. The zero-order chi connectivity index (χ0) is 12.6. The van der Waals surface area contributed by atoms with E-state index in [1.165, 1.54) is 13.3 Å². The smallest absolute Gasteiger partial charge is 0.343 e. The Morgan fingerprint density at radius 2 is 2.12 bits per heavy atom. The second-order valence-corrected chi connectivity index (χ2v) is 3.80. The summed E-state index contributed by atoms with van der Waals surface area (Å²) in [5, 5.41) is 0.418. The fourth-order valence-corrected chi connectivity index (χ4v) is 1.70.